The molecule has 17 heavy (non-hydrogen) atoms. The van der Waals surface area contributed by atoms with E-state index in [2.05, 4.69) is 48.0 Å². The largest absolute Gasteiger partial charge is 0.394 e. The van der Waals surface area contributed by atoms with Crippen LogP contribution >= 0.6 is 0 Å². The molecule has 3 heteroatoms. The van der Waals surface area contributed by atoms with Crippen LogP contribution in [-0.2, 0) is 0 Å². The molecule has 1 heterocycles. The maximum atomic E-state index is 9.67. The molecule has 1 N–H and O–H groups in total. The Labute approximate surface area is 104 Å². The third-order valence-electron chi connectivity index (χ3n) is 3.70. The van der Waals surface area contributed by atoms with Crippen molar-refractivity contribution in [1.82, 2.24) is 9.80 Å². The van der Waals surface area contributed by atoms with Gasteiger partial charge in [0.05, 0.1) is 12.6 Å². The Morgan fingerprint density at radius 1 is 1.18 bits per heavy atom. The summed E-state index contributed by atoms with van der Waals surface area (Å²) >= 11 is 0. The molecule has 1 aromatic carbocycles. The zero-order chi connectivity index (χ0) is 12.3. The predicted octanol–water partition coefficient (Wildman–Crippen LogP) is 1.28. The fourth-order valence-electron chi connectivity index (χ4n) is 2.50. The minimum absolute atomic E-state index is 0.157. The molecular weight excluding hydrogens is 212 g/mol. The van der Waals surface area contributed by atoms with E-state index in [1.807, 2.05) is 0 Å². The Balaban J connectivity index is 2.14. The molecule has 1 fully saturated rings. The standard InChI is InChI=1S/C14H22N2O/c1-12-5-3-4-6-13(12)14(11-17)16-9-7-15(2)8-10-16/h3-6,14,17H,7-11H2,1-2H3. The summed E-state index contributed by atoms with van der Waals surface area (Å²) in [7, 11) is 2.15. The molecule has 0 radical (unpaired) electrons. The van der Waals surface area contributed by atoms with Crippen molar-refractivity contribution in [1.29, 1.82) is 0 Å². The summed E-state index contributed by atoms with van der Waals surface area (Å²) in [5, 5.41) is 9.67. The van der Waals surface area contributed by atoms with Gasteiger partial charge in [-0.3, -0.25) is 4.90 Å². The van der Waals surface area contributed by atoms with Crippen molar-refractivity contribution in [3.8, 4) is 0 Å². The van der Waals surface area contributed by atoms with Crippen LogP contribution in [0.4, 0.5) is 0 Å². The second-order valence-electron chi connectivity index (χ2n) is 4.89. The summed E-state index contributed by atoms with van der Waals surface area (Å²) in [5.74, 6) is 0. The quantitative estimate of drug-likeness (QED) is 0.853. The molecule has 1 aromatic rings. The summed E-state index contributed by atoms with van der Waals surface area (Å²) in [6.45, 7) is 6.57. The molecule has 3 nitrogen and oxygen atoms in total. The smallest absolute Gasteiger partial charge is 0.0628 e. The normalized spacial score (nSPS) is 20.4. The van der Waals surface area contributed by atoms with E-state index >= 15 is 0 Å². The first kappa shape index (κ1) is 12.6. The summed E-state index contributed by atoms with van der Waals surface area (Å²) < 4.78 is 0. The van der Waals surface area contributed by atoms with Gasteiger partial charge in [-0.1, -0.05) is 24.3 Å². The van der Waals surface area contributed by atoms with Gasteiger partial charge in [-0.05, 0) is 25.1 Å². The van der Waals surface area contributed by atoms with Gasteiger partial charge in [-0.15, -0.1) is 0 Å². The zero-order valence-electron chi connectivity index (χ0n) is 10.8. The van der Waals surface area contributed by atoms with Crippen molar-refractivity contribution in [2.24, 2.45) is 0 Å². The molecule has 0 bridgehead atoms. The second-order valence-corrected chi connectivity index (χ2v) is 4.89. The Morgan fingerprint density at radius 2 is 1.82 bits per heavy atom. The van der Waals surface area contributed by atoms with Gasteiger partial charge in [0, 0.05) is 26.2 Å². The minimum atomic E-state index is 0.157. The van der Waals surface area contributed by atoms with Crippen LogP contribution in [0.15, 0.2) is 24.3 Å². The van der Waals surface area contributed by atoms with Crippen LogP contribution in [0.3, 0.4) is 0 Å². The second kappa shape index (κ2) is 5.63. The molecule has 0 saturated carbocycles. The topological polar surface area (TPSA) is 26.7 Å². The Bertz CT molecular complexity index is 359. The van der Waals surface area contributed by atoms with E-state index in [1.165, 1.54) is 11.1 Å². The van der Waals surface area contributed by atoms with Gasteiger partial charge in [0.15, 0.2) is 0 Å². The lowest BCUT2D eigenvalue weighted by Gasteiger charge is -2.37. The predicted molar refractivity (Wildman–Crippen MR) is 70.1 cm³/mol. The number of likely N-dealkylation sites (N-methyl/N-ethyl adjacent to an activating group) is 1. The maximum Gasteiger partial charge on any atom is 0.0628 e. The van der Waals surface area contributed by atoms with Crippen LogP contribution in [0.2, 0.25) is 0 Å². The summed E-state index contributed by atoms with van der Waals surface area (Å²) in [4.78, 5) is 4.73. The SMILES string of the molecule is Cc1ccccc1C(CO)N1CCN(C)CC1. The number of rotatable bonds is 3. The monoisotopic (exact) mass is 234 g/mol. The van der Waals surface area contributed by atoms with Crippen LogP contribution in [0.25, 0.3) is 0 Å². The average molecular weight is 234 g/mol. The lowest BCUT2D eigenvalue weighted by atomic mass is 10.00. The van der Waals surface area contributed by atoms with Crippen molar-refractivity contribution >= 4 is 0 Å². The van der Waals surface area contributed by atoms with Crippen LogP contribution in [0.5, 0.6) is 0 Å². The van der Waals surface area contributed by atoms with E-state index in [-0.39, 0.29) is 12.6 Å². The number of nitrogens with zero attached hydrogens (tertiary/aromatic N) is 2. The average Bonchev–Trinajstić information content (AvgIpc) is 2.35. The molecule has 0 aromatic heterocycles. The zero-order valence-corrected chi connectivity index (χ0v) is 10.8. The van der Waals surface area contributed by atoms with Crippen molar-refractivity contribution < 1.29 is 5.11 Å². The van der Waals surface area contributed by atoms with Gasteiger partial charge in [0.25, 0.3) is 0 Å². The number of aryl methyl sites for hydroxylation is 1. The fourth-order valence-corrected chi connectivity index (χ4v) is 2.50. The van der Waals surface area contributed by atoms with Gasteiger partial charge in [0.1, 0.15) is 0 Å². The number of hydrogen-bond donors (Lipinski definition) is 1. The van der Waals surface area contributed by atoms with E-state index < -0.39 is 0 Å². The van der Waals surface area contributed by atoms with Crippen LogP contribution in [-0.4, -0.2) is 54.7 Å². The highest BCUT2D eigenvalue weighted by Crippen LogP contribution is 2.24. The van der Waals surface area contributed by atoms with Gasteiger partial charge < -0.3 is 10.0 Å². The summed E-state index contributed by atoms with van der Waals surface area (Å²) in [6, 6.07) is 8.52. The highest BCUT2D eigenvalue weighted by Gasteiger charge is 2.23. The highest BCUT2D eigenvalue weighted by atomic mass is 16.3. The van der Waals surface area contributed by atoms with Gasteiger partial charge in [-0.2, -0.15) is 0 Å². The van der Waals surface area contributed by atoms with Gasteiger partial charge in [-0.25, -0.2) is 0 Å². The number of piperazine rings is 1. The molecule has 1 unspecified atom stereocenters. The van der Waals surface area contributed by atoms with Crippen molar-refractivity contribution in [3.63, 3.8) is 0 Å². The number of aliphatic hydroxyl groups is 1. The molecule has 94 valence electrons. The molecule has 0 aliphatic carbocycles. The lowest BCUT2D eigenvalue weighted by Crippen LogP contribution is -2.46. The fraction of sp³-hybridized carbons (Fsp3) is 0.571. The Hall–Kier alpha value is -0.900. The van der Waals surface area contributed by atoms with Crippen molar-refractivity contribution in [3.05, 3.63) is 35.4 Å². The first-order valence-corrected chi connectivity index (χ1v) is 6.31. The molecule has 1 aliphatic heterocycles. The molecule has 0 amide bonds. The molecule has 1 saturated heterocycles. The summed E-state index contributed by atoms with van der Waals surface area (Å²) in [5.41, 5.74) is 2.53. The number of hydrogen-bond acceptors (Lipinski definition) is 3. The van der Waals surface area contributed by atoms with E-state index in [1.54, 1.807) is 0 Å². The molecule has 1 aliphatic rings. The molecule has 2 rings (SSSR count). The molecule has 1 atom stereocenters. The Kier molecular flexibility index (Phi) is 4.15. The molecular formula is C14H22N2O. The van der Waals surface area contributed by atoms with Gasteiger partial charge >= 0.3 is 0 Å². The third-order valence-corrected chi connectivity index (χ3v) is 3.70. The van der Waals surface area contributed by atoms with Crippen LogP contribution in [0, 0.1) is 6.92 Å². The van der Waals surface area contributed by atoms with Crippen molar-refractivity contribution in [2.75, 3.05) is 39.8 Å². The lowest BCUT2D eigenvalue weighted by molar-refractivity contribution is 0.0745. The molecule has 0 spiro atoms. The van der Waals surface area contributed by atoms with E-state index in [0.29, 0.717) is 0 Å². The van der Waals surface area contributed by atoms with E-state index in [4.69, 9.17) is 0 Å². The number of aliphatic hydroxyl groups excluding tert-OH is 1. The van der Waals surface area contributed by atoms with Crippen LogP contribution in [0.1, 0.15) is 17.2 Å². The Morgan fingerprint density at radius 3 is 2.41 bits per heavy atom. The summed E-state index contributed by atoms with van der Waals surface area (Å²) in [6.07, 6.45) is 0. The minimum Gasteiger partial charge on any atom is -0.394 e. The van der Waals surface area contributed by atoms with E-state index in [0.717, 1.165) is 26.2 Å². The van der Waals surface area contributed by atoms with E-state index in [9.17, 15) is 5.11 Å². The highest BCUT2D eigenvalue weighted by molar-refractivity contribution is 5.29. The maximum absolute atomic E-state index is 9.67. The first-order valence-electron chi connectivity index (χ1n) is 6.31. The first-order chi connectivity index (χ1) is 8.22. The third kappa shape index (κ3) is 2.86. The van der Waals surface area contributed by atoms with Gasteiger partial charge in [0.2, 0.25) is 0 Å². The van der Waals surface area contributed by atoms with Crippen LogP contribution < -0.4 is 0 Å². The van der Waals surface area contributed by atoms with Crippen molar-refractivity contribution in [2.45, 2.75) is 13.0 Å². The number of benzene rings is 1.